The average Bonchev–Trinajstić information content (AvgIpc) is 3.29. The molecule has 9 heteroatoms. The maximum atomic E-state index is 13.9. The van der Waals surface area contributed by atoms with Crippen molar-refractivity contribution in [1.29, 1.82) is 0 Å². The van der Waals surface area contributed by atoms with Crippen LogP contribution >= 0.6 is 0 Å². The number of piperidine rings is 1. The van der Waals surface area contributed by atoms with Crippen LogP contribution in [0.25, 0.3) is 22.4 Å². The molecule has 0 saturated carbocycles. The maximum Gasteiger partial charge on any atom is 0.292 e. The largest absolute Gasteiger partial charge is 0.424 e. The van der Waals surface area contributed by atoms with E-state index in [4.69, 9.17) is 15.2 Å². The summed E-state index contributed by atoms with van der Waals surface area (Å²) in [5.74, 6) is -1.36. The highest BCUT2D eigenvalue weighted by atomic mass is 19.1. The van der Waals surface area contributed by atoms with Gasteiger partial charge >= 0.3 is 0 Å². The fourth-order valence-electron chi connectivity index (χ4n) is 5.43. The molecular weight excluding hydrogens is 428 g/mol. The van der Waals surface area contributed by atoms with E-state index in [-0.39, 0.29) is 24.0 Å². The molecule has 2 aromatic carbocycles. The van der Waals surface area contributed by atoms with Crippen molar-refractivity contribution >= 4 is 23.0 Å². The minimum atomic E-state index is -0.629. The highest BCUT2D eigenvalue weighted by molar-refractivity contribution is 5.98. The second-order valence-electron chi connectivity index (χ2n) is 8.75. The minimum absolute atomic E-state index is 0.0272. The smallest absolute Gasteiger partial charge is 0.292 e. The number of nitrogens with two attached hydrogens (primary N) is 1. The fourth-order valence-corrected chi connectivity index (χ4v) is 5.43. The van der Waals surface area contributed by atoms with E-state index in [1.807, 2.05) is 4.90 Å². The van der Waals surface area contributed by atoms with E-state index in [0.29, 0.717) is 34.3 Å². The Labute approximate surface area is 187 Å². The Morgan fingerprint density at radius 3 is 2.73 bits per heavy atom. The minimum Gasteiger partial charge on any atom is -0.424 e. The van der Waals surface area contributed by atoms with Crippen LogP contribution in [0.5, 0.6) is 0 Å². The topological polar surface area (TPSA) is 90.2 Å². The van der Waals surface area contributed by atoms with Crippen LogP contribution in [0.1, 0.15) is 46.9 Å². The van der Waals surface area contributed by atoms with Crippen LogP contribution in [0.4, 0.5) is 14.8 Å². The SMILES string of the molecule is Cn1nc2c(c1-c1cc(F)cc(F)c1)CC1CCCC2N1C(=O)c1ccc2nc(N)oc2c1. The van der Waals surface area contributed by atoms with Crippen LogP contribution in [0.2, 0.25) is 0 Å². The molecule has 33 heavy (non-hydrogen) atoms. The van der Waals surface area contributed by atoms with Crippen molar-refractivity contribution < 1.29 is 18.0 Å². The predicted molar refractivity (Wildman–Crippen MR) is 117 cm³/mol. The molecule has 2 N–H and O–H groups in total. The van der Waals surface area contributed by atoms with Crippen LogP contribution in [0.15, 0.2) is 40.8 Å². The van der Waals surface area contributed by atoms with Gasteiger partial charge in [0.05, 0.1) is 17.4 Å². The molecule has 0 aliphatic carbocycles. The molecule has 4 aromatic rings. The number of amides is 1. The third-order valence-corrected chi connectivity index (χ3v) is 6.70. The van der Waals surface area contributed by atoms with Crippen molar-refractivity contribution in [1.82, 2.24) is 19.7 Å². The molecule has 2 unspecified atom stereocenters. The summed E-state index contributed by atoms with van der Waals surface area (Å²) in [7, 11) is 1.77. The van der Waals surface area contributed by atoms with Crippen molar-refractivity contribution in [3.8, 4) is 11.3 Å². The van der Waals surface area contributed by atoms with Crippen molar-refractivity contribution in [2.45, 2.75) is 37.8 Å². The van der Waals surface area contributed by atoms with E-state index >= 15 is 0 Å². The number of fused-ring (bicyclic) bond motifs is 5. The number of anilines is 1. The summed E-state index contributed by atoms with van der Waals surface area (Å²) in [5, 5.41) is 4.72. The number of rotatable bonds is 2. The van der Waals surface area contributed by atoms with Crippen LogP contribution < -0.4 is 5.73 Å². The summed E-state index contributed by atoms with van der Waals surface area (Å²) in [6.07, 6.45) is 3.19. The van der Waals surface area contributed by atoms with E-state index in [1.54, 1.807) is 29.9 Å². The van der Waals surface area contributed by atoms with Gasteiger partial charge in [-0.1, -0.05) is 0 Å². The Kier molecular flexibility index (Phi) is 4.30. The second-order valence-corrected chi connectivity index (χ2v) is 8.75. The van der Waals surface area contributed by atoms with Gasteiger partial charge in [0.25, 0.3) is 11.9 Å². The molecule has 2 aliphatic rings. The van der Waals surface area contributed by atoms with Gasteiger partial charge < -0.3 is 15.1 Å². The third-order valence-electron chi connectivity index (χ3n) is 6.70. The zero-order valence-corrected chi connectivity index (χ0v) is 17.9. The molecule has 4 heterocycles. The normalized spacial score (nSPS) is 19.7. The van der Waals surface area contributed by atoms with Crippen LogP contribution in [-0.2, 0) is 13.5 Å². The summed E-state index contributed by atoms with van der Waals surface area (Å²) in [6.45, 7) is 0. The van der Waals surface area contributed by atoms with Gasteiger partial charge in [0, 0.05) is 35.8 Å². The molecule has 168 valence electrons. The molecule has 2 aliphatic heterocycles. The standard InChI is InChI=1S/C24H21F2N5O2/c1-30-22(13-7-14(25)10-15(26)8-13)17-11-16-3-2-4-19(21(17)29-30)31(16)23(32)12-5-6-18-20(9-12)33-24(27)28-18/h5-10,16,19H,2-4,11H2,1H3,(H2,27,28). The third kappa shape index (κ3) is 3.10. The quantitative estimate of drug-likeness (QED) is 0.491. The Hall–Kier alpha value is -3.75. The van der Waals surface area contributed by atoms with Gasteiger partial charge in [-0.2, -0.15) is 10.1 Å². The maximum absolute atomic E-state index is 13.9. The first-order valence-electron chi connectivity index (χ1n) is 10.9. The monoisotopic (exact) mass is 449 g/mol. The lowest BCUT2D eigenvalue weighted by molar-refractivity contribution is 0.0392. The van der Waals surface area contributed by atoms with E-state index in [9.17, 15) is 13.6 Å². The number of nitrogen functional groups attached to an aromatic ring is 1. The molecule has 2 atom stereocenters. The van der Waals surface area contributed by atoms with Gasteiger partial charge in [0.2, 0.25) is 0 Å². The highest BCUT2D eigenvalue weighted by Gasteiger charge is 2.43. The molecule has 1 saturated heterocycles. The van der Waals surface area contributed by atoms with Gasteiger partial charge in [-0.05, 0) is 56.0 Å². The molecule has 0 radical (unpaired) electrons. The lowest BCUT2D eigenvalue weighted by Crippen LogP contribution is -2.49. The number of aromatic nitrogens is 3. The van der Waals surface area contributed by atoms with Gasteiger partial charge in [0.1, 0.15) is 17.2 Å². The number of benzene rings is 2. The Morgan fingerprint density at radius 1 is 1.15 bits per heavy atom. The molecule has 7 nitrogen and oxygen atoms in total. The molecular formula is C24H21F2N5O2. The van der Waals surface area contributed by atoms with E-state index in [0.717, 1.165) is 36.6 Å². The fraction of sp³-hybridized carbons (Fsp3) is 0.292. The van der Waals surface area contributed by atoms with Crippen molar-refractivity contribution in [2.75, 3.05) is 5.73 Å². The summed E-state index contributed by atoms with van der Waals surface area (Å²) in [6, 6.07) is 8.48. The molecule has 0 spiro atoms. The Bertz CT molecular complexity index is 1410. The number of carbonyl (C=O) groups excluding carboxylic acids is 1. The highest BCUT2D eigenvalue weighted by Crippen LogP contribution is 2.45. The average molecular weight is 449 g/mol. The summed E-state index contributed by atoms with van der Waals surface area (Å²) in [5.41, 5.74) is 10.1. The molecule has 6 rings (SSSR count). The second kappa shape index (κ2) is 7.13. The Balaban J connectivity index is 1.42. The first kappa shape index (κ1) is 19.9. The van der Waals surface area contributed by atoms with Crippen molar-refractivity contribution in [2.24, 2.45) is 7.05 Å². The number of carbonyl (C=O) groups is 1. The van der Waals surface area contributed by atoms with Crippen LogP contribution in [0.3, 0.4) is 0 Å². The molecule has 2 bridgehead atoms. The number of hydrogen-bond donors (Lipinski definition) is 1. The van der Waals surface area contributed by atoms with Crippen LogP contribution in [0, 0.1) is 11.6 Å². The van der Waals surface area contributed by atoms with Gasteiger partial charge in [-0.15, -0.1) is 0 Å². The van der Waals surface area contributed by atoms with Crippen molar-refractivity contribution in [3.63, 3.8) is 0 Å². The lowest BCUT2D eigenvalue weighted by atomic mass is 9.81. The van der Waals surface area contributed by atoms with E-state index < -0.39 is 11.6 Å². The van der Waals surface area contributed by atoms with Crippen LogP contribution in [-0.4, -0.2) is 31.6 Å². The molecule has 2 aromatic heterocycles. The Morgan fingerprint density at radius 2 is 1.94 bits per heavy atom. The molecule has 1 fully saturated rings. The van der Waals surface area contributed by atoms with E-state index in [1.165, 1.54) is 12.1 Å². The van der Waals surface area contributed by atoms with E-state index in [2.05, 4.69) is 4.98 Å². The number of halogens is 2. The summed E-state index contributed by atoms with van der Waals surface area (Å²) >= 11 is 0. The number of nitrogens with zero attached hydrogens (tertiary/aromatic N) is 4. The lowest BCUT2D eigenvalue weighted by Gasteiger charge is -2.45. The van der Waals surface area contributed by atoms with Gasteiger partial charge in [-0.25, -0.2) is 8.78 Å². The first-order valence-corrected chi connectivity index (χ1v) is 10.9. The first-order chi connectivity index (χ1) is 15.9. The summed E-state index contributed by atoms with van der Waals surface area (Å²) < 4.78 is 35.0. The number of hydrogen-bond acceptors (Lipinski definition) is 5. The summed E-state index contributed by atoms with van der Waals surface area (Å²) in [4.78, 5) is 19.6. The number of aryl methyl sites for hydroxylation is 1. The number of oxazole rings is 1. The molecule has 1 amide bonds. The van der Waals surface area contributed by atoms with Gasteiger partial charge in [-0.3, -0.25) is 9.48 Å². The zero-order valence-electron chi connectivity index (χ0n) is 17.9. The van der Waals surface area contributed by atoms with Crippen molar-refractivity contribution in [3.05, 3.63) is 64.9 Å². The zero-order chi connectivity index (χ0) is 22.9. The van der Waals surface area contributed by atoms with Gasteiger partial charge in [0.15, 0.2) is 5.58 Å². The predicted octanol–water partition coefficient (Wildman–Crippen LogP) is 4.38.